The minimum Gasteiger partial charge on any atom is -0.329 e. The summed E-state index contributed by atoms with van der Waals surface area (Å²) in [6.45, 7) is 0. The van der Waals surface area contributed by atoms with E-state index in [1.165, 1.54) is 10.4 Å². The van der Waals surface area contributed by atoms with Crippen LogP contribution in [0, 0.1) is 11.3 Å². The van der Waals surface area contributed by atoms with Crippen molar-refractivity contribution in [1.29, 1.82) is 5.26 Å². The summed E-state index contributed by atoms with van der Waals surface area (Å²) in [6, 6.07) is 12.9. The Morgan fingerprint density at radius 3 is 2.97 bits per heavy atom. The predicted molar refractivity (Wildman–Crippen MR) is 117 cm³/mol. The lowest BCUT2D eigenvalue weighted by atomic mass is 9.83. The SMILES string of the molecule is Cn1ccnc1SCCC(=O)Nc1sc2c(c1C#N)CCC(c1ccccc1)C2. The molecule has 0 bridgehead atoms. The van der Waals surface area contributed by atoms with E-state index in [2.05, 4.69) is 40.6 Å². The van der Waals surface area contributed by atoms with Gasteiger partial charge in [0.05, 0.1) is 5.56 Å². The van der Waals surface area contributed by atoms with E-state index in [1.807, 2.05) is 23.9 Å². The van der Waals surface area contributed by atoms with Crippen LogP contribution in [0.1, 0.15) is 40.3 Å². The van der Waals surface area contributed by atoms with Gasteiger partial charge in [-0.3, -0.25) is 4.79 Å². The maximum Gasteiger partial charge on any atom is 0.225 e. The number of nitriles is 1. The second-order valence-electron chi connectivity index (χ2n) is 7.14. The fraction of sp³-hybridized carbons (Fsp3) is 0.318. The minimum atomic E-state index is -0.0542. The van der Waals surface area contributed by atoms with Gasteiger partial charge in [-0.25, -0.2) is 4.98 Å². The van der Waals surface area contributed by atoms with Crippen molar-refractivity contribution in [2.45, 2.75) is 36.8 Å². The quantitative estimate of drug-likeness (QED) is 0.582. The molecule has 148 valence electrons. The molecule has 1 aliphatic rings. The highest BCUT2D eigenvalue weighted by Crippen LogP contribution is 2.42. The van der Waals surface area contributed by atoms with Crippen LogP contribution < -0.4 is 5.32 Å². The fourth-order valence-electron chi connectivity index (χ4n) is 3.72. The van der Waals surface area contributed by atoms with Crippen LogP contribution in [0.15, 0.2) is 47.9 Å². The number of aryl methyl sites for hydroxylation is 1. The maximum atomic E-state index is 12.4. The molecule has 0 radical (unpaired) electrons. The number of hydrogen-bond donors (Lipinski definition) is 1. The number of carbonyl (C=O) groups excluding carboxylic acids is 1. The second kappa shape index (κ2) is 8.85. The Hall–Kier alpha value is -2.56. The first kappa shape index (κ1) is 19.7. The third-order valence-corrected chi connectivity index (χ3v) is 7.47. The molecule has 1 amide bonds. The van der Waals surface area contributed by atoms with Crippen molar-refractivity contribution in [3.05, 3.63) is 64.3 Å². The number of rotatable bonds is 6. The van der Waals surface area contributed by atoms with E-state index < -0.39 is 0 Å². The van der Waals surface area contributed by atoms with Crippen molar-refractivity contribution in [3.8, 4) is 6.07 Å². The van der Waals surface area contributed by atoms with Crippen LogP contribution in [0.25, 0.3) is 0 Å². The summed E-state index contributed by atoms with van der Waals surface area (Å²) in [5.74, 6) is 1.08. The van der Waals surface area contributed by atoms with Crippen molar-refractivity contribution in [1.82, 2.24) is 9.55 Å². The summed E-state index contributed by atoms with van der Waals surface area (Å²) in [5.41, 5.74) is 3.13. The van der Waals surface area contributed by atoms with Crippen molar-refractivity contribution in [2.75, 3.05) is 11.1 Å². The van der Waals surface area contributed by atoms with E-state index in [-0.39, 0.29) is 5.91 Å². The fourth-order valence-corrected chi connectivity index (χ4v) is 5.88. The Bertz CT molecular complexity index is 1050. The van der Waals surface area contributed by atoms with Crippen LogP contribution in [0.3, 0.4) is 0 Å². The average molecular weight is 423 g/mol. The normalized spacial score (nSPS) is 15.5. The molecule has 0 saturated heterocycles. The van der Waals surface area contributed by atoms with Crippen LogP contribution in [0.5, 0.6) is 0 Å². The molecule has 5 nitrogen and oxygen atoms in total. The first-order valence-corrected chi connectivity index (χ1v) is 11.5. The standard InChI is InChI=1S/C22H22N4OS2/c1-26-11-10-24-22(26)28-12-9-20(27)25-21-18(14-23)17-8-7-16(13-19(17)29-21)15-5-3-2-4-6-15/h2-6,10-11,16H,7-9,12-13H2,1H3,(H,25,27). The molecule has 0 aliphatic heterocycles. The van der Waals surface area contributed by atoms with Crippen LogP contribution in [0.2, 0.25) is 0 Å². The first-order valence-electron chi connectivity index (χ1n) is 9.65. The number of hydrogen-bond acceptors (Lipinski definition) is 5. The summed E-state index contributed by atoms with van der Waals surface area (Å²) >= 11 is 3.13. The highest BCUT2D eigenvalue weighted by Gasteiger charge is 2.27. The minimum absolute atomic E-state index is 0.0542. The number of anilines is 1. The van der Waals surface area contributed by atoms with Gasteiger partial charge in [-0.15, -0.1) is 11.3 Å². The van der Waals surface area contributed by atoms with Gasteiger partial charge in [-0.2, -0.15) is 5.26 Å². The molecule has 4 rings (SSSR count). The Balaban J connectivity index is 1.41. The van der Waals surface area contributed by atoms with Crippen LogP contribution in [0.4, 0.5) is 5.00 Å². The predicted octanol–water partition coefficient (Wildman–Crippen LogP) is 4.75. The van der Waals surface area contributed by atoms with Gasteiger partial charge in [0.2, 0.25) is 5.91 Å². The largest absolute Gasteiger partial charge is 0.329 e. The molecular formula is C22H22N4OS2. The van der Waals surface area contributed by atoms with Crippen LogP contribution >= 0.6 is 23.1 Å². The summed E-state index contributed by atoms with van der Waals surface area (Å²) < 4.78 is 1.94. The monoisotopic (exact) mass is 422 g/mol. The lowest BCUT2D eigenvalue weighted by molar-refractivity contribution is -0.115. The molecular weight excluding hydrogens is 400 g/mol. The van der Waals surface area contributed by atoms with Gasteiger partial charge >= 0.3 is 0 Å². The van der Waals surface area contributed by atoms with Crippen molar-refractivity contribution < 1.29 is 4.79 Å². The van der Waals surface area contributed by atoms with Gasteiger partial charge in [-0.05, 0) is 36.3 Å². The molecule has 1 atom stereocenters. The van der Waals surface area contributed by atoms with Crippen LogP contribution in [-0.4, -0.2) is 21.2 Å². The molecule has 0 fully saturated rings. The average Bonchev–Trinajstić information content (AvgIpc) is 3.30. The lowest BCUT2D eigenvalue weighted by Crippen LogP contribution is -2.13. The van der Waals surface area contributed by atoms with E-state index in [0.29, 0.717) is 28.7 Å². The van der Waals surface area contributed by atoms with E-state index in [4.69, 9.17) is 0 Å². The van der Waals surface area contributed by atoms with Gasteiger partial charge in [0.25, 0.3) is 0 Å². The van der Waals surface area contributed by atoms with Gasteiger partial charge < -0.3 is 9.88 Å². The highest BCUT2D eigenvalue weighted by atomic mass is 32.2. The van der Waals surface area contributed by atoms with Gasteiger partial charge in [0.1, 0.15) is 11.1 Å². The number of imidazole rings is 1. The molecule has 2 heterocycles. The first-order chi connectivity index (χ1) is 14.2. The zero-order valence-electron chi connectivity index (χ0n) is 16.2. The molecule has 1 aliphatic carbocycles. The molecule has 1 N–H and O–H groups in total. The number of fused-ring (bicyclic) bond motifs is 1. The number of nitrogens with one attached hydrogen (secondary N) is 1. The Kier molecular flexibility index (Phi) is 6.02. The highest BCUT2D eigenvalue weighted by molar-refractivity contribution is 7.99. The van der Waals surface area contributed by atoms with Crippen molar-refractivity contribution in [2.24, 2.45) is 7.05 Å². The zero-order chi connectivity index (χ0) is 20.2. The van der Waals surface area contributed by atoms with E-state index in [1.54, 1.807) is 29.3 Å². The number of carbonyl (C=O) groups is 1. The van der Waals surface area contributed by atoms with Crippen LogP contribution in [-0.2, 0) is 24.7 Å². The van der Waals surface area contributed by atoms with Gasteiger partial charge in [0, 0.05) is 36.5 Å². The molecule has 0 saturated carbocycles. The smallest absolute Gasteiger partial charge is 0.225 e. The number of benzene rings is 1. The molecule has 2 aromatic heterocycles. The van der Waals surface area contributed by atoms with E-state index >= 15 is 0 Å². The Labute approximate surface area is 178 Å². The number of nitrogens with zero attached hydrogens (tertiary/aromatic N) is 3. The number of thioether (sulfide) groups is 1. The zero-order valence-corrected chi connectivity index (χ0v) is 17.9. The Morgan fingerprint density at radius 1 is 1.41 bits per heavy atom. The molecule has 0 spiro atoms. The second-order valence-corrected chi connectivity index (χ2v) is 9.30. The van der Waals surface area contributed by atoms with Crippen molar-refractivity contribution in [3.63, 3.8) is 0 Å². The van der Waals surface area contributed by atoms with E-state index in [0.717, 1.165) is 30.0 Å². The summed E-state index contributed by atoms with van der Waals surface area (Å²) in [4.78, 5) is 17.9. The number of aromatic nitrogens is 2. The van der Waals surface area contributed by atoms with Crippen molar-refractivity contribution >= 4 is 34.0 Å². The maximum absolute atomic E-state index is 12.4. The summed E-state index contributed by atoms with van der Waals surface area (Å²) in [7, 11) is 1.94. The number of amides is 1. The summed E-state index contributed by atoms with van der Waals surface area (Å²) in [6.07, 6.45) is 6.89. The molecule has 3 aromatic rings. The summed E-state index contributed by atoms with van der Waals surface area (Å²) in [5, 5.41) is 14.3. The lowest BCUT2D eigenvalue weighted by Gasteiger charge is -2.22. The topological polar surface area (TPSA) is 70.7 Å². The molecule has 1 aromatic carbocycles. The Morgan fingerprint density at radius 2 is 2.24 bits per heavy atom. The third kappa shape index (κ3) is 4.39. The van der Waals surface area contributed by atoms with Gasteiger partial charge in [-0.1, -0.05) is 42.1 Å². The van der Waals surface area contributed by atoms with E-state index in [9.17, 15) is 10.1 Å². The molecule has 1 unspecified atom stereocenters. The molecule has 29 heavy (non-hydrogen) atoms. The van der Waals surface area contributed by atoms with Gasteiger partial charge in [0.15, 0.2) is 5.16 Å². The molecule has 7 heteroatoms. The number of thiophene rings is 1. The third-order valence-electron chi connectivity index (χ3n) is 5.24.